The van der Waals surface area contributed by atoms with Crippen LogP contribution in [0.15, 0.2) is 34.9 Å². The van der Waals surface area contributed by atoms with E-state index in [0.29, 0.717) is 6.54 Å². The molecule has 19 heavy (non-hydrogen) atoms. The molecule has 2 aromatic rings. The predicted octanol–water partition coefficient (Wildman–Crippen LogP) is 2.94. The Morgan fingerprint density at radius 1 is 1.42 bits per heavy atom. The van der Waals surface area contributed by atoms with E-state index < -0.39 is 0 Å². The van der Waals surface area contributed by atoms with Crippen LogP contribution in [-0.2, 0) is 4.79 Å². The molecule has 0 saturated heterocycles. The second-order valence-corrected chi connectivity index (χ2v) is 5.17. The van der Waals surface area contributed by atoms with Gasteiger partial charge in [-0.2, -0.15) is 0 Å². The van der Waals surface area contributed by atoms with Crippen molar-refractivity contribution in [1.29, 1.82) is 0 Å². The van der Waals surface area contributed by atoms with Gasteiger partial charge >= 0.3 is 0 Å². The van der Waals surface area contributed by atoms with Gasteiger partial charge in [-0.3, -0.25) is 9.78 Å². The average Bonchev–Trinajstić information content (AvgIpc) is 2.39. The molecule has 0 atom stereocenters. The topological polar surface area (TPSA) is 54.0 Å². The van der Waals surface area contributed by atoms with E-state index in [9.17, 15) is 4.79 Å². The van der Waals surface area contributed by atoms with E-state index in [2.05, 4.69) is 38.5 Å². The van der Waals surface area contributed by atoms with E-state index in [-0.39, 0.29) is 5.91 Å². The van der Waals surface area contributed by atoms with Crippen molar-refractivity contribution in [3.8, 4) is 0 Å². The molecule has 0 unspecified atom stereocenters. The van der Waals surface area contributed by atoms with Crippen LogP contribution in [0.5, 0.6) is 0 Å². The molecule has 0 aliphatic carbocycles. The van der Waals surface area contributed by atoms with Gasteiger partial charge in [-0.15, -0.1) is 0 Å². The lowest BCUT2D eigenvalue weighted by Gasteiger charge is -2.08. The summed E-state index contributed by atoms with van der Waals surface area (Å²) in [7, 11) is 0. The van der Waals surface area contributed by atoms with Crippen LogP contribution in [0.2, 0.25) is 0 Å². The highest BCUT2D eigenvalue weighted by atomic mass is 79.9. The fourth-order valence-electron chi connectivity index (χ4n) is 1.81. The average molecular weight is 322 g/mol. The van der Waals surface area contributed by atoms with E-state index in [0.717, 1.165) is 34.0 Å². The van der Waals surface area contributed by atoms with E-state index in [1.54, 1.807) is 6.20 Å². The smallest absolute Gasteiger partial charge is 0.238 e. The number of carbonyl (C=O) groups excluding carboxylic acids is 1. The van der Waals surface area contributed by atoms with Gasteiger partial charge in [-0.1, -0.05) is 19.1 Å². The monoisotopic (exact) mass is 321 g/mol. The van der Waals surface area contributed by atoms with Gasteiger partial charge in [0.05, 0.1) is 17.7 Å². The molecule has 5 heteroatoms. The summed E-state index contributed by atoms with van der Waals surface area (Å²) in [6.07, 6.45) is 2.74. The third kappa shape index (κ3) is 3.75. The Morgan fingerprint density at radius 3 is 3.05 bits per heavy atom. The Morgan fingerprint density at radius 2 is 2.26 bits per heavy atom. The number of para-hydroxylation sites is 1. The van der Waals surface area contributed by atoms with E-state index >= 15 is 0 Å². The minimum atomic E-state index is -0.0503. The van der Waals surface area contributed by atoms with Gasteiger partial charge in [-0.25, -0.2) is 0 Å². The maximum atomic E-state index is 11.8. The highest BCUT2D eigenvalue weighted by Crippen LogP contribution is 2.23. The number of anilines is 1. The molecule has 2 N–H and O–H groups in total. The van der Waals surface area contributed by atoms with Gasteiger partial charge in [0.15, 0.2) is 0 Å². The van der Waals surface area contributed by atoms with Crippen LogP contribution in [0.1, 0.15) is 13.3 Å². The first-order valence-corrected chi connectivity index (χ1v) is 7.05. The molecule has 0 aliphatic rings. The Bertz CT molecular complexity index is 586. The minimum Gasteiger partial charge on any atom is -0.323 e. The number of halogens is 1. The number of rotatable bonds is 5. The maximum absolute atomic E-state index is 11.8. The molecule has 100 valence electrons. The summed E-state index contributed by atoms with van der Waals surface area (Å²) in [5.41, 5.74) is 1.54. The van der Waals surface area contributed by atoms with Crippen molar-refractivity contribution in [2.75, 3.05) is 18.4 Å². The number of carbonyl (C=O) groups is 1. The fourth-order valence-corrected chi connectivity index (χ4v) is 2.16. The number of benzene rings is 1. The molecule has 2 rings (SSSR count). The first kappa shape index (κ1) is 14.0. The van der Waals surface area contributed by atoms with Crippen LogP contribution in [-0.4, -0.2) is 24.0 Å². The maximum Gasteiger partial charge on any atom is 0.238 e. The third-order valence-corrected chi connectivity index (χ3v) is 3.10. The van der Waals surface area contributed by atoms with Crippen LogP contribution in [0.3, 0.4) is 0 Å². The molecule has 4 nitrogen and oxygen atoms in total. The van der Waals surface area contributed by atoms with Gasteiger partial charge in [0.1, 0.15) is 0 Å². The Kier molecular flexibility index (Phi) is 4.87. The number of hydrogen-bond donors (Lipinski definition) is 2. The van der Waals surface area contributed by atoms with E-state index in [4.69, 9.17) is 0 Å². The summed E-state index contributed by atoms with van der Waals surface area (Å²) in [4.78, 5) is 16.1. The number of fused-ring (bicyclic) bond motifs is 1. The van der Waals surface area contributed by atoms with Crippen molar-refractivity contribution >= 4 is 38.4 Å². The van der Waals surface area contributed by atoms with Crippen LogP contribution in [0, 0.1) is 0 Å². The molecule has 1 amide bonds. The van der Waals surface area contributed by atoms with E-state index in [1.807, 2.05) is 24.3 Å². The van der Waals surface area contributed by atoms with Gasteiger partial charge in [-0.05, 0) is 41.0 Å². The number of amides is 1. The zero-order valence-electron chi connectivity index (χ0n) is 10.7. The normalized spacial score (nSPS) is 10.6. The summed E-state index contributed by atoms with van der Waals surface area (Å²) < 4.78 is 0.924. The lowest BCUT2D eigenvalue weighted by Crippen LogP contribution is -2.28. The molecular formula is C14H16BrN3O. The predicted molar refractivity (Wildman–Crippen MR) is 81.2 cm³/mol. The highest BCUT2D eigenvalue weighted by Gasteiger charge is 2.06. The SMILES string of the molecule is CCCNCC(=O)Nc1cccc2cc(Br)cnc12. The first-order valence-electron chi connectivity index (χ1n) is 6.25. The second-order valence-electron chi connectivity index (χ2n) is 4.26. The zero-order valence-corrected chi connectivity index (χ0v) is 12.3. The van der Waals surface area contributed by atoms with Crippen molar-refractivity contribution < 1.29 is 4.79 Å². The number of nitrogens with one attached hydrogen (secondary N) is 2. The lowest BCUT2D eigenvalue weighted by atomic mass is 10.2. The Balaban J connectivity index is 2.14. The van der Waals surface area contributed by atoms with E-state index in [1.165, 1.54) is 0 Å². The van der Waals surface area contributed by atoms with Crippen molar-refractivity contribution in [2.45, 2.75) is 13.3 Å². The Labute approximate surface area is 120 Å². The molecule has 0 saturated carbocycles. The quantitative estimate of drug-likeness (QED) is 0.832. The zero-order chi connectivity index (χ0) is 13.7. The summed E-state index contributed by atoms with van der Waals surface area (Å²) in [6, 6.07) is 7.72. The minimum absolute atomic E-state index is 0.0503. The summed E-state index contributed by atoms with van der Waals surface area (Å²) >= 11 is 3.39. The summed E-state index contributed by atoms with van der Waals surface area (Å²) in [5, 5.41) is 6.95. The second kappa shape index (κ2) is 6.63. The molecule has 0 fully saturated rings. The molecule has 0 radical (unpaired) electrons. The van der Waals surface area contributed by atoms with Gasteiger partial charge < -0.3 is 10.6 Å². The van der Waals surface area contributed by atoms with Crippen LogP contribution in [0.25, 0.3) is 10.9 Å². The molecule has 1 heterocycles. The number of nitrogens with zero attached hydrogens (tertiary/aromatic N) is 1. The van der Waals surface area contributed by atoms with Crippen molar-refractivity contribution in [3.05, 3.63) is 34.9 Å². The van der Waals surface area contributed by atoms with Gasteiger partial charge in [0.2, 0.25) is 5.91 Å². The molecular weight excluding hydrogens is 306 g/mol. The number of hydrogen-bond acceptors (Lipinski definition) is 3. The van der Waals surface area contributed by atoms with Crippen molar-refractivity contribution in [3.63, 3.8) is 0 Å². The molecule has 0 spiro atoms. The molecule has 0 bridgehead atoms. The lowest BCUT2D eigenvalue weighted by molar-refractivity contribution is -0.115. The molecule has 1 aromatic carbocycles. The fraction of sp³-hybridized carbons (Fsp3) is 0.286. The summed E-state index contributed by atoms with van der Waals surface area (Å²) in [6.45, 7) is 3.23. The largest absolute Gasteiger partial charge is 0.323 e. The number of pyridine rings is 1. The summed E-state index contributed by atoms with van der Waals surface area (Å²) in [5.74, 6) is -0.0503. The molecule has 0 aliphatic heterocycles. The van der Waals surface area contributed by atoms with Gasteiger partial charge in [0, 0.05) is 16.1 Å². The van der Waals surface area contributed by atoms with Crippen molar-refractivity contribution in [2.24, 2.45) is 0 Å². The van der Waals surface area contributed by atoms with Crippen molar-refractivity contribution in [1.82, 2.24) is 10.3 Å². The van der Waals surface area contributed by atoms with Crippen LogP contribution < -0.4 is 10.6 Å². The van der Waals surface area contributed by atoms with Gasteiger partial charge in [0.25, 0.3) is 0 Å². The standard InChI is InChI=1S/C14H16BrN3O/c1-2-6-16-9-13(19)18-12-5-3-4-10-7-11(15)8-17-14(10)12/h3-5,7-8,16H,2,6,9H2,1H3,(H,18,19). The van der Waals surface area contributed by atoms with Crippen LogP contribution >= 0.6 is 15.9 Å². The Hall–Kier alpha value is -1.46. The molecule has 1 aromatic heterocycles. The van der Waals surface area contributed by atoms with Crippen LogP contribution in [0.4, 0.5) is 5.69 Å². The number of aromatic nitrogens is 1. The highest BCUT2D eigenvalue weighted by molar-refractivity contribution is 9.10. The third-order valence-electron chi connectivity index (χ3n) is 2.66. The first-order chi connectivity index (χ1) is 9.20.